The number of hydrogen-bond donors (Lipinski definition) is 1. The van der Waals surface area contributed by atoms with E-state index in [-0.39, 0.29) is 0 Å². The molecule has 0 radical (unpaired) electrons. The number of alkyl halides is 3. The second-order valence-electron chi connectivity index (χ2n) is 3.85. The van der Waals surface area contributed by atoms with Crippen LogP contribution in [0, 0.1) is 0 Å². The zero-order valence-electron chi connectivity index (χ0n) is 8.16. The molecule has 3 nitrogen and oxygen atoms in total. The number of nitrogens with one attached hydrogen (secondary N) is 1. The van der Waals surface area contributed by atoms with Crippen LogP contribution in [0.25, 0.3) is 0 Å². The average Bonchev–Trinajstić information content (AvgIpc) is 2.25. The molecule has 0 bridgehead atoms. The predicted octanol–water partition coefficient (Wildman–Crippen LogP) is 1.23. The summed E-state index contributed by atoms with van der Waals surface area (Å²) in [7, 11) is 0. The molecule has 0 aliphatic carbocycles. The molecule has 1 fully saturated rings. The topological polar surface area (TPSA) is 38.3 Å². The van der Waals surface area contributed by atoms with Crippen molar-refractivity contribution in [3.8, 4) is 0 Å². The Labute approximate surface area is 79.6 Å². The highest BCUT2D eigenvalue weighted by Crippen LogP contribution is 2.40. The van der Waals surface area contributed by atoms with Crippen molar-refractivity contribution < 1.29 is 22.7 Å². The summed E-state index contributed by atoms with van der Waals surface area (Å²) < 4.78 is 42.6. The van der Waals surface area contributed by atoms with Crippen LogP contribution in [-0.4, -0.2) is 29.8 Å². The van der Waals surface area contributed by atoms with Crippen LogP contribution in [0.2, 0.25) is 0 Å². The van der Waals surface area contributed by atoms with Gasteiger partial charge in [-0.3, -0.25) is 10.1 Å². The number of hydrogen-bond acceptors (Lipinski definition) is 3. The Balaban J connectivity index is 3.05. The number of rotatable bonds is 1. The predicted molar refractivity (Wildman–Crippen MR) is 42.6 cm³/mol. The Bertz CT molecular complexity index is 262. The minimum absolute atomic E-state index is 0.529. The fourth-order valence-corrected chi connectivity index (χ4v) is 1.40. The minimum atomic E-state index is -4.68. The van der Waals surface area contributed by atoms with Crippen molar-refractivity contribution >= 4 is 5.78 Å². The quantitative estimate of drug-likeness (QED) is 0.709. The van der Waals surface area contributed by atoms with Crippen molar-refractivity contribution in [1.29, 1.82) is 0 Å². The molecule has 0 spiro atoms. The van der Waals surface area contributed by atoms with Gasteiger partial charge in [-0.2, -0.15) is 13.2 Å². The van der Waals surface area contributed by atoms with E-state index in [0.29, 0.717) is 0 Å². The van der Waals surface area contributed by atoms with Gasteiger partial charge in [0.05, 0.1) is 0 Å². The van der Waals surface area contributed by atoms with Gasteiger partial charge in [-0.25, -0.2) is 0 Å². The van der Waals surface area contributed by atoms with Gasteiger partial charge in [0.2, 0.25) is 5.60 Å². The summed E-state index contributed by atoms with van der Waals surface area (Å²) in [5.74, 6) is -1.02. The first-order valence-corrected chi connectivity index (χ1v) is 4.14. The largest absolute Gasteiger partial charge is 0.425 e. The van der Waals surface area contributed by atoms with Crippen LogP contribution in [0.5, 0.6) is 0 Å². The molecule has 82 valence electrons. The summed E-state index contributed by atoms with van der Waals surface area (Å²) in [6.07, 6.45) is -4.68. The third-order valence-electron chi connectivity index (χ3n) is 2.22. The van der Waals surface area contributed by atoms with E-state index in [2.05, 4.69) is 5.32 Å². The van der Waals surface area contributed by atoms with Crippen molar-refractivity contribution in [3.63, 3.8) is 0 Å². The number of carbonyl (C=O) groups excluding carboxylic acids is 1. The van der Waals surface area contributed by atoms with Gasteiger partial charge in [-0.05, 0) is 20.8 Å². The van der Waals surface area contributed by atoms with Gasteiger partial charge >= 0.3 is 6.18 Å². The third-order valence-corrected chi connectivity index (χ3v) is 2.22. The third kappa shape index (κ3) is 1.64. The molecular weight excluding hydrogens is 199 g/mol. The normalized spacial score (nSPS) is 31.9. The van der Waals surface area contributed by atoms with E-state index in [1.165, 1.54) is 13.8 Å². The molecule has 0 unspecified atom stereocenters. The molecule has 1 atom stereocenters. The van der Waals surface area contributed by atoms with E-state index < -0.39 is 29.8 Å². The Hall–Kier alpha value is -0.620. The Morgan fingerprint density at radius 2 is 1.93 bits per heavy atom. The highest BCUT2D eigenvalue weighted by atomic mass is 19.4. The first-order valence-electron chi connectivity index (χ1n) is 4.14. The lowest BCUT2D eigenvalue weighted by Gasteiger charge is -2.29. The first kappa shape index (κ1) is 11.5. The van der Waals surface area contributed by atoms with Gasteiger partial charge in [-0.1, -0.05) is 0 Å². The van der Waals surface area contributed by atoms with Crippen LogP contribution in [0.1, 0.15) is 20.8 Å². The van der Waals surface area contributed by atoms with E-state index in [1.54, 1.807) is 0 Å². The Kier molecular flexibility index (Phi) is 2.40. The maximum Gasteiger partial charge on any atom is 0.425 e. The van der Waals surface area contributed by atoms with Crippen molar-refractivity contribution in [1.82, 2.24) is 5.32 Å². The smallest absolute Gasteiger partial charge is 0.337 e. The van der Waals surface area contributed by atoms with Gasteiger partial charge in [0.15, 0.2) is 5.78 Å². The Morgan fingerprint density at radius 3 is 2.07 bits per heavy atom. The first-order chi connectivity index (χ1) is 6.11. The molecule has 0 aromatic carbocycles. The van der Waals surface area contributed by atoms with Gasteiger partial charge < -0.3 is 4.74 Å². The van der Waals surface area contributed by atoms with Crippen LogP contribution in [0.15, 0.2) is 0 Å². The van der Waals surface area contributed by atoms with Crippen molar-refractivity contribution in [3.05, 3.63) is 0 Å². The highest BCUT2D eigenvalue weighted by Gasteiger charge is 2.65. The van der Waals surface area contributed by atoms with Gasteiger partial charge in [0.25, 0.3) is 0 Å². The SMILES string of the molecule is CC(=O)[C@@]1(C(F)(F)F)CNC(C)(C)O1. The molecule has 1 saturated heterocycles. The van der Waals surface area contributed by atoms with E-state index in [4.69, 9.17) is 4.74 Å². The van der Waals surface area contributed by atoms with Gasteiger partial charge in [0.1, 0.15) is 5.72 Å². The molecule has 14 heavy (non-hydrogen) atoms. The number of halogens is 3. The highest BCUT2D eigenvalue weighted by molar-refractivity contribution is 5.86. The lowest BCUT2D eigenvalue weighted by atomic mass is 9.99. The molecule has 1 rings (SSSR count). The number of ether oxygens (including phenoxy) is 1. The summed E-state index contributed by atoms with van der Waals surface area (Å²) in [4.78, 5) is 11.0. The molecular formula is C8H12F3NO2. The zero-order valence-corrected chi connectivity index (χ0v) is 8.16. The molecule has 6 heteroatoms. The van der Waals surface area contributed by atoms with Crippen molar-refractivity contribution in [2.24, 2.45) is 0 Å². The molecule has 0 aromatic rings. The number of ketones is 1. The van der Waals surface area contributed by atoms with Crippen LogP contribution in [0.4, 0.5) is 13.2 Å². The summed E-state index contributed by atoms with van der Waals surface area (Å²) in [6.45, 7) is 3.25. The second kappa shape index (κ2) is 2.93. The summed E-state index contributed by atoms with van der Waals surface area (Å²) >= 11 is 0. The van der Waals surface area contributed by atoms with Crippen LogP contribution in [0.3, 0.4) is 0 Å². The van der Waals surface area contributed by atoms with Crippen molar-refractivity contribution in [2.75, 3.05) is 6.54 Å². The van der Waals surface area contributed by atoms with Crippen LogP contribution < -0.4 is 5.32 Å². The van der Waals surface area contributed by atoms with Crippen molar-refractivity contribution in [2.45, 2.75) is 38.3 Å². The summed E-state index contributed by atoms with van der Waals surface area (Å²) in [6, 6.07) is 0. The summed E-state index contributed by atoms with van der Waals surface area (Å²) in [5, 5.41) is 2.51. The molecule has 1 aliphatic heterocycles. The van der Waals surface area contributed by atoms with E-state index >= 15 is 0 Å². The number of carbonyl (C=O) groups is 1. The van der Waals surface area contributed by atoms with E-state index in [9.17, 15) is 18.0 Å². The molecule has 1 N–H and O–H groups in total. The maximum absolute atomic E-state index is 12.6. The van der Waals surface area contributed by atoms with Gasteiger partial charge in [-0.15, -0.1) is 0 Å². The maximum atomic E-state index is 12.6. The molecule has 0 saturated carbocycles. The van der Waals surface area contributed by atoms with Crippen LogP contribution >= 0.6 is 0 Å². The van der Waals surface area contributed by atoms with E-state index in [1.807, 2.05) is 0 Å². The van der Waals surface area contributed by atoms with Gasteiger partial charge in [0, 0.05) is 6.54 Å². The second-order valence-corrected chi connectivity index (χ2v) is 3.85. The summed E-state index contributed by atoms with van der Waals surface area (Å²) in [5.41, 5.74) is -3.81. The monoisotopic (exact) mass is 211 g/mol. The lowest BCUT2D eigenvalue weighted by Crippen LogP contribution is -2.54. The standard InChI is InChI=1S/C8H12F3NO2/c1-5(13)7(8(9,10)11)4-12-6(2,3)14-7/h12H,4H2,1-3H3/t7-/m1/s1. The lowest BCUT2D eigenvalue weighted by molar-refractivity contribution is -0.265. The molecule has 0 aromatic heterocycles. The number of Topliss-reactive ketones (excluding diaryl/α,β-unsaturated/α-hetero) is 1. The Morgan fingerprint density at radius 1 is 1.43 bits per heavy atom. The fraction of sp³-hybridized carbons (Fsp3) is 0.875. The zero-order chi connectivity index (χ0) is 11.2. The average molecular weight is 211 g/mol. The molecule has 1 aliphatic rings. The fourth-order valence-electron chi connectivity index (χ4n) is 1.40. The van der Waals surface area contributed by atoms with Crippen LogP contribution in [-0.2, 0) is 9.53 Å². The molecule has 1 heterocycles. The molecule has 0 amide bonds. The van der Waals surface area contributed by atoms with E-state index in [0.717, 1.165) is 6.92 Å². The minimum Gasteiger partial charge on any atom is -0.337 e.